The van der Waals surface area contributed by atoms with Gasteiger partial charge in [-0.1, -0.05) is 72.3 Å². The first-order chi connectivity index (χ1) is 16.1. The normalized spacial score (nSPS) is 15.8. The summed E-state index contributed by atoms with van der Waals surface area (Å²) in [6.07, 6.45) is 0. The largest absolute Gasteiger partial charge is 1.00 e. The molecule has 0 bridgehead atoms. The standard InChI is InChI=1S/C29H26N2OP.ClH/c1-22-17-19-23(20-18-22)31-21-27(30)28(29(31)32)33(24-11-5-2-6-12-24,25-13-7-3-8-14-25)26-15-9-4-10-16-26;/h2-20,28,30H,21H2,1H3;1H/q+1;/p-1. The number of hydrogen-bond donors (Lipinski definition) is 1. The average Bonchev–Trinajstić information content (AvgIpc) is 3.17. The number of anilines is 1. The van der Waals surface area contributed by atoms with Crippen LogP contribution in [0.4, 0.5) is 5.69 Å². The molecular formula is C29H26ClN2OP. The van der Waals surface area contributed by atoms with E-state index >= 15 is 0 Å². The van der Waals surface area contributed by atoms with E-state index in [1.807, 2.05) is 85.8 Å². The van der Waals surface area contributed by atoms with Gasteiger partial charge in [-0.3, -0.25) is 4.79 Å². The number of amides is 1. The van der Waals surface area contributed by atoms with Crippen molar-refractivity contribution in [2.75, 3.05) is 11.4 Å². The van der Waals surface area contributed by atoms with Crippen LogP contribution >= 0.6 is 7.26 Å². The second-order valence-corrected chi connectivity index (χ2v) is 11.9. The van der Waals surface area contributed by atoms with Gasteiger partial charge in [0.1, 0.15) is 23.2 Å². The Bertz CT molecular complexity index is 1180. The number of aryl methyl sites for hydroxylation is 1. The van der Waals surface area contributed by atoms with Crippen molar-refractivity contribution in [3.05, 3.63) is 121 Å². The molecule has 1 N–H and O–H groups in total. The molecule has 1 unspecified atom stereocenters. The van der Waals surface area contributed by atoms with Crippen molar-refractivity contribution in [1.82, 2.24) is 0 Å². The minimum absolute atomic E-state index is 0. The Kier molecular flexibility index (Phi) is 6.97. The van der Waals surface area contributed by atoms with Crippen molar-refractivity contribution in [3.63, 3.8) is 0 Å². The molecule has 0 aromatic heterocycles. The molecule has 1 heterocycles. The van der Waals surface area contributed by atoms with Gasteiger partial charge in [0.05, 0.1) is 12.3 Å². The maximum absolute atomic E-state index is 14.2. The summed E-state index contributed by atoms with van der Waals surface area (Å²) in [6, 6.07) is 39.0. The van der Waals surface area contributed by atoms with Gasteiger partial charge >= 0.3 is 0 Å². The lowest BCUT2D eigenvalue weighted by atomic mass is 10.2. The van der Waals surface area contributed by atoms with Crippen molar-refractivity contribution >= 4 is 40.5 Å². The molecule has 170 valence electrons. The highest BCUT2D eigenvalue weighted by Crippen LogP contribution is 2.61. The Morgan fingerprint density at radius 3 is 1.53 bits per heavy atom. The number of carbonyl (C=O) groups excluding carboxylic acids is 1. The molecule has 0 aliphatic carbocycles. The molecule has 0 spiro atoms. The number of benzene rings is 4. The predicted octanol–water partition coefficient (Wildman–Crippen LogP) is 1.73. The van der Waals surface area contributed by atoms with Crippen LogP contribution in [0.2, 0.25) is 0 Å². The third kappa shape index (κ3) is 3.96. The lowest BCUT2D eigenvalue weighted by molar-refractivity contribution is -0.116. The Hall–Kier alpha value is -3.26. The molecule has 34 heavy (non-hydrogen) atoms. The highest BCUT2D eigenvalue weighted by Gasteiger charge is 2.61. The molecule has 5 heteroatoms. The fourth-order valence-corrected chi connectivity index (χ4v) is 9.59. The Balaban J connectivity index is 0.00000274. The summed E-state index contributed by atoms with van der Waals surface area (Å²) in [5, 5.41) is 12.5. The summed E-state index contributed by atoms with van der Waals surface area (Å²) in [5.74, 6) is 0.00810. The zero-order valence-electron chi connectivity index (χ0n) is 18.9. The first-order valence-corrected chi connectivity index (χ1v) is 13.0. The predicted molar refractivity (Wildman–Crippen MR) is 140 cm³/mol. The van der Waals surface area contributed by atoms with E-state index in [0.717, 1.165) is 27.2 Å². The second kappa shape index (κ2) is 9.93. The zero-order chi connectivity index (χ0) is 22.8. The Labute approximate surface area is 207 Å². The van der Waals surface area contributed by atoms with Crippen LogP contribution in [0, 0.1) is 12.3 Å². The molecule has 1 amide bonds. The van der Waals surface area contributed by atoms with Gasteiger partial charge in [-0.2, -0.15) is 0 Å². The summed E-state index contributed by atoms with van der Waals surface area (Å²) in [6.45, 7) is 2.36. The molecule has 3 nitrogen and oxygen atoms in total. The summed E-state index contributed by atoms with van der Waals surface area (Å²) < 4.78 is 0. The van der Waals surface area contributed by atoms with E-state index < -0.39 is 12.9 Å². The van der Waals surface area contributed by atoms with E-state index in [9.17, 15) is 4.79 Å². The van der Waals surface area contributed by atoms with Gasteiger partial charge in [-0.25, -0.2) is 0 Å². The highest BCUT2D eigenvalue weighted by molar-refractivity contribution is 7.97. The van der Waals surface area contributed by atoms with Crippen molar-refractivity contribution in [1.29, 1.82) is 5.41 Å². The van der Waals surface area contributed by atoms with E-state index in [1.54, 1.807) is 4.90 Å². The number of nitrogens with one attached hydrogen (secondary N) is 1. The third-order valence-corrected chi connectivity index (χ3v) is 11.0. The SMILES string of the molecule is Cc1ccc(N2CC(=N)C([P+](c3ccccc3)(c3ccccc3)c3ccccc3)C2=O)cc1.[Cl-]. The molecule has 1 atom stereocenters. The smallest absolute Gasteiger partial charge is 0.275 e. The van der Waals surface area contributed by atoms with Gasteiger partial charge in [0, 0.05) is 5.69 Å². The minimum Gasteiger partial charge on any atom is -1.00 e. The first kappa shape index (κ1) is 23.9. The van der Waals surface area contributed by atoms with E-state index in [0.29, 0.717) is 12.3 Å². The van der Waals surface area contributed by atoms with Crippen molar-refractivity contribution in [3.8, 4) is 0 Å². The van der Waals surface area contributed by atoms with Crippen LogP contribution in [0.5, 0.6) is 0 Å². The number of nitrogens with zero attached hydrogens (tertiary/aromatic N) is 1. The Morgan fingerprint density at radius 2 is 1.12 bits per heavy atom. The lowest BCUT2D eigenvalue weighted by Gasteiger charge is -2.31. The van der Waals surface area contributed by atoms with Crippen LogP contribution in [-0.4, -0.2) is 23.8 Å². The number of halogens is 1. The average molecular weight is 485 g/mol. The van der Waals surface area contributed by atoms with E-state index in [-0.39, 0.29) is 18.3 Å². The van der Waals surface area contributed by atoms with Crippen LogP contribution in [0.15, 0.2) is 115 Å². The monoisotopic (exact) mass is 484 g/mol. The number of rotatable bonds is 5. The lowest BCUT2D eigenvalue weighted by Crippen LogP contribution is -3.00. The maximum atomic E-state index is 14.2. The first-order valence-electron chi connectivity index (χ1n) is 11.1. The quantitative estimate of drug-likeness (QED) is 0.431. The molecule has 0 radical (unpaired) electrons. The van der Waals surface area contributed by atoms with E-state index in [1.165, 1.54) is 0 Å². The fraction of sp³-hybridized carbons (Fsp3) is 0.103. The van der Waals surface area contributed by atoms with Crippen LogP contribution in [0.3, 0.4) is 0 Å². The maximum Gasteiger partial charge on any atom is 0.275 e. The molecule has 4 aromatic rings. The van der Waals surface area contributed by atoms with Gasteiger partial charge in [0.15, 0.2) is 0 Å². The van der Waals surface area contributed by atoms with E-state index in [2.05, 4.69) is 36.4 Å². The fourth-order valence-electron chi connectivity index (χ4n) is 4.86. The number of carbonyl (C=O) groups is 1. The molecule has 1 aliphatic heterocycles. The van der Waals surface area contributed by atoms with Gasteiger partial charge in [-0.05, 0) is 55.5 Å². The van der Waals surface area contributed by atoms with Gasteiger partial charge in [0.2, 0.25) is 5.66 Å². The minimum atomic E-state index is -2.50. The molecule has 1 aliphatic rings. The van der Waals surface area contributed by atoms with E-state index in [4.69, 9.17) is 5.41 Å². The second-order valence-electron chi connectivity index (χ2n) is 8.42. The molecule has 5 rings (SSSR count). The van der Waals surface area contributed by atoms with Gasteiger partial charge in [0.25, 0.3) is 5.91 Å². The van der Waals surface area contributed by atoms with Gasteiger partial charge < -0.3 is 22.7 Å². The Morgan fingerprint density at radius 1 is 0.706 bits per heavy atom. The van der Waals surface area contributed by atoms with Crippen molar-refractivity contribution in [2.45, 2.75) is 12.6 Å². The highest BCUT2D eigenvalue weighted by atomic mass is 35.5. The summed E-state index contributed by atoms with van der Waals surface area (Å²) in [5.41, 5.74) is 1.94. The topological polar surface area (TPSA) is 44.2 Å². The number of hydrogen-bond acceptors (Lipinski definition) is 2. The molecule has 0 saturated carbocycles. The summed E-state index contributed by atoms with van der Waals surface area (Å²) in [7, 11) is -2.50. The zero-order valence-corrected chi connectivity index (χ0v) is 20.6. The van der Waals surface area contributed by atoms with Crippen LogP contribution < -0.4 is 33.2 Å². The summed E-state index contributed by atoms with van der Waals surface area (Å²) in [4.78, 5) is 16.0. The van der Waals surface area contributed by atoms with Crippen LogP contribution in [-0.2, 0) is 4.79 Å². The van der Waals surface area contributed by atoms with Gasteiger partial charge in [-0.15, -0.1) is 0 Å². The molecule has 1 fully saturated rings. The third-order valence-electron chi connectivity index (χ3n) is 6.38. The van der Waals surface area contributed by atoms with Crippen LogP contribution in [0.25, 0.3) is 0 Å². The molecular weight excluding hydrogens is 459 g/mol. The molecule has 4 aromatic carbocycles. The summed E-state index contributed by atoms with van der Waals surface area (Å²) >= 11 is 0. The van der Waals surface area contributed by atoms with Crippen LogP contribution in [0.1, 0.15) is 5.56 Å². The van der Waals surface area contributed by atoms with Crippen molar-refractivity contribution < 1.29 is 17.2 Å². The van der Waals surface area contributed by atoms with Crippen molar-refractivity contribution in [2.24, 2.45) is 0 Å². The molecule has 1 saturated heterocycles.